The van der Waals surface area contributed by atoms with Crippen LogP contribution in [0, 0.1) is 0 Å². The average molecular weight is 454 g/mol. The van der Waals surface area contributed by atoms with Crippen molar-refractivity contribution >= 4 is 33.5 Å². The zero-order valence-corrected chi connectivity index (χ0v) is 18.7. The molecular formula is C25H20ClN7. The molecule has 3 heterocycles. The highest BCUT2D eigenvalue weighted by molar-refractivity contribution is 6.35. The predicted molar refractivity (Wildman–Crippen MR) is 130 cm³/mol. The van der Waals surface area contributed by atoms with Crippen LogP contribution in [0.25, 0.3) is 38.9 Å². The molecule has 3 aromatic heterocycles. The fraction of sp³-hybridized carbons (Fsp3) is 0.120. The number of nitrogens with zero attached hydrogens (tertiary/aromatic N) is 6. The number of H-pyrrole nitrogens is 1. The molecule has 0 aliphatic rings. The highest BCUT2D eigenvalue weighted by Gasteiger charge is 2.15. The van der Waals surface area contributed by atoms with E-state index in [0.717, 1.165) is 39.8 Å². The van der Waals surface area contributed by atoms with Crippen LogP contribution in [0.1, 0.15) is 18.1 Å². The second-order valence-electron chi connectivity index (χ2n) is 8.01. The third-order valence-corrected chi connectivity index (χ3v) is 6.24. The van der Waals surface area contributed by atoms with E-state index in [9.17, 15) is 0 Å². The number of fused-ring (bicyclic) bond motifs is 2. The van der Waals surface area contributed by atoms with Crippen LogP contribution < -0.4 is 0 Å². The van der Waals surface area contributed by atoms with E-state index in [0.29, 0.717) is 17.1 Å². The Morgan fingerprint density at radius 3 is 2.67 bits per heavy atom. The Labute approximate surface area is 194 Å². The first kappa shape index (κ1) is 19.7. The lowest BCUT2D eigenvalue weighted by molar-refractivity contribution is 0.694. The summed E-state index contributed by atoms with van der Waals surface area (Å²) in [4.78, 5) is 0. The van der Waals surface area contributed by atoms with Crippen LogP contribution in [-0.2, 0) is 13.0 Å². The van der Waals surface area contributed by atoms with Crippen LogP contribution in [0.15, 0.2) is 73.1 Å². The van der Waals surface area contributed by atoms with E-state index in [1.807, 2.05) is 41.2 Å². The van der Waals surface area contributed by atoms with Gasteiger partial charge < -0.3 is 0 Å². The van der Waals surface area contributed by atoms with E-state index in [1.54, 1.807) is 10.9 Å². The van der Waals surface area contributed by atoms with Crippen LogP contribution in [0.3, 0.4) is 0 Å². The largest absolute Gasteiger partial charge is 0.278 e. The first-order valence-corrected chi connectivity index (χ1v) is 11.2. The lowest BCUT2D eigenvalue weighted by atomic mass is 10.1. The van der Waals surface area contributed by atoms with E-state index in [-0.39, 0.29) is 0 Å². The van der Waals surface area contributed by atoms with Gasteiger partial charge in [-0.15, -0.1) is 5.10 Å². The fourth-order valence-corrected chi connectivity index (χ4v) is 4.39. The highest BCUT2D eigenvalue weighted by atomic mass is 35.5. The Hall–Kier alpha value is -3.97. The fourth-order valence-electron chi connectivity index (χ4n) is 4.14. The molecule has 33 heavy (non-hydrogen) atoms. The van der Waals surface area contributed by atoms with Crippen molar-refractivity contribution in [2.24, 2.45) is 0 Å². The van der Waals surface area contributed by atoms with Crippen molar-refractivity contribution in [1.29, 1.82) is 0 Å². The van der Waals surface area contributed by atoms with Gasteiger partial charge >= 0.3 is 0 Å². The molecule has 7 nitrogen and oxygen atoms in total. The zero-order chi connectivity index (χ0) is 22.4. The molecule has 0 aliphatic carbocycles. The van der Waals surface area contributed by atoms with E-state index in [1.165, 1.54) is 11.1 Å². The number of aromatic amines is 1. The van der Waals surface area contributed by atoms with Gasteiger partial charge in [-0.2, -0.15) is 10.2 Å². The maximum absolute atomic E-state index is 6.64. The van der Waals surface area contributed by atoms with Crippen molar-refractivity contribution in [2.75, 3.05) is 0 Å². The third kappa shape index (κ3) is 3.47. The van der Waals surface area contributed by atoms with Crippen molar-refractivity contribution in [3.63, 3.8) is 0 Å². The molecule has 1 N–H and O–H groups in total. The Bertz CT molecular complexity index is 1590. The van der Waals surface area contributed by atoms with E-state index in [4.69, 9.17) is 11.6 Å². The highest BCUT2D eigenvalue weighted by Crippen LogP contribution is 2.31. The molecule has 6 rings (SSSR count). The minimum Gasteiger partial charge on any atom is -0.278 e. The van der Waals surface area contributed by atoms with Gasteiger partial charge in [0.2, 0.25) is 0 Å². The number of hydrogen-bond acceptors (Lipinski definition) is 4. The minimum atomic E-state index is 0.552. The lowest BCUT2D eigenvalue weighted by Crippen LogP contribution is -2.04. The molecule has 0 atom stereocenters. The molecule has 0 saturated carbocycles. The summed E-state index contributed by atoms with van der Waals surface area (Å²) in [6, 6.07) is 20.6. The van der Waals surface area contributed by atoms with Gasteiger partial charge in [-0.1, -0.05) is 48.0 Å². The number of nitrogens with one attached hydrogen (secondary N) is 1. The third-order valence-electron chi connectivity index (χ3n) is 5.95. The lowest BCUT2D eigenvalue weighted by Gasteiger charge is -2.10. The summed E-state index contributed by atoms with van der Waals surface area (Å²) < 4.78 is 3.79. The molecule has 0 saturated heterocycles. The number of aryl methyl sites for hydroxylation is 1. The van der Waals surface area contributed by atoms with Crippen LogP contribution in [-0.4, -0.2) is 35.0 Å². The van der Waals surface area contributed by atoms with Crippen molar-refractivity contribution in [3.05, 3.63) is 89.2 Å². The second-order valence-corrected chi connectivity index (χ2v) is 8.42. The predicted octanol–water partition coefficient (Wildman–Crippen LogP) is 5.42. The van der Waals surface area contributed by atoms with Gasteiger partial charge in [-0.3, -0.25) is 9.78 Å². The van der Waals surface area contributed by atoms with Gasteiger partial charge in [-0.25, -0.2) is 4.68 Å². The Kier molecular flexibility index (Phi) is 4.69. The molecule has 8 heteroatoms. The van der Waals surface area contributed by atoms with Crippen molar-refractivity contribution in [3.8, 4) is 16.9 Å². The van der Waals surface area contributed by atoms with E-state index >= 15 is 0 Å². The molecule has 162 valence electrons. The van der Waals surface area contributed by atoms with Crippen LogP contribution >= 0.6 is 11.6 Å². The first-order valence-electron chi connectivity index (χ1n) is 10.8. The summed E-state index contributed by atoms with van der Waals surface area (Å²) in [5.41, 5.74) is 7.77. The number of halogens is 1. The summed E-state index contributed by atoms with van der Waals surface area (Å²) in [6.07, 6.45) is 4.64. The Morgan fingerprint density at radius 2 is 1.82 bits per heavy atom. The molecule has 0 amide bonds. The molecule has 0 fully saturated rings. The van der Waals surface area contributed by atoms with Gasteiger partial charge in [0.25, 0.3) is 0 Å². The standard InChI is InChI=1S/C25H20ClN7/c1-2-16-3-5-17(6-4-16)15-32-23(9-10-28-32)19-11-21(26)25-24(12-19)33(31-30-25)20-8-7-18-14-27-29-22(18)13-20/h3-14H,2,15H2,1H3,(H,27,29). The number of benzene rings is 3. The summed E-state index contributed by atoms with van der Waals surface area (Å²) in [5.74, 6) is 0. The first-order chi connectivity index (χ1) is 16.2. The molecule has 0 aliphatic heterocycles. The molecule has 6 aromatic rings. The van der Waals surface area contributed by atoms with E-state index < -0.39 is 0 Å². The maximum atomic E-state index is 6.64. The molecule has 0 bridgehead atoms. The molecular weight excluding hydrogens is 434 g/mol. The van der Waals surface area contributed by atoms with Crippen LogP contribution in [0.4, 0.5) is 0 Å². The van der Waals surface area contributed by atoms with Gasteiger partial charge in [0.05, 0.1) is 40.2 Å². The van der Waals surface area contributed by atoms with Crippen molar-refractivity contribution in [2.45, 2.75) is 19.9 Å². The Balaban J connectivity index is 1.42. The maximum Gasteiger partial charge on any atom is 0.132 e. The molecule has 0 radical (unpaired) electrons. The summed E-state index contributed by atoms with van der Waals surface area (Å²) in [7, 11) is 0. The topological polar surface area (TPSA) is 77.2 Å². The van der Waals surface area contributed by atoms with Crippen LogP contribution in [0.5, 0.6) is 0 Å². The quantitative estimate of drug-likeness (QED) is 0.378. The van der Waals surface area contributed by atoms with E-state index in [2.05, 4.69) is 62.9 Å². The number of aromatic nitrogens is 7. The summed E-state index contributed by atoms with van der Waals surface area (Å²) in [6.45, 7) is 2.84. The number of rotatable bonds is 5. The molecule has 3 aromatic carbocycles. The number of hydrogen-bond donors (Lipinski definition) is 1. The van der Waals surface area contributed by atoms with Gasteiger partial charge in [0.1, 0.15) is 5.52 Å². The van der Waals surface area contributed by atoms with Crippen LogP contribution in [0.2, 0.25) is 5.02 Å². The second kappa shape index (κ2) is 7.86. The van der Waals surface area contributed by atoms with Gasteiger partial charge in [0.15, 0.2) is 0 Å². The van der Waals surface area contributed by atoms with Crippen molar-refractivity contribution < 1.29 is 0 Å². The normalized spacial score (nSPS) is 11.6. The summed E-state index contributed by atoms with van der Waals surface area (Å²) in [5, 5.41) is 22.0. The Morgan fingerprint density at radius 1 is 0.970 bits per heavy atom. The smallest absolute Gasteiger partial charge is 0.132 e. The average Bonchev–Trinajstić information content (AvgIpc) is 3.58. The zero-order valence-electron chi connectivity index (χ0n) is 17.9. The summed E-state index contributed by atoms with van der Waals surface area (Å²) >= 11 is 6.64. The molecule has 0 unspecified atom stereocenters. The SMILES string of the molecule is CCc1ccc(Cn2nccc2-c2cc(Cl)c3nnn(-c4ccc5cn[nH]c5c4)c3c2)cc1. The van der Waals surface area contributed by atoms with Crippen molar-refractivity contribution in [1.82, 2.24) is 35.0 Å². The van der Waals surface area contributed by atoms with Gasteiger partial charge in [-0.05, 0) is 53.9 Å². The molecule has 0 spiro atoms. The monoisotopic (exact) mass is 453 g/mol. The van der Waals surface area contributed by atoms with Gasteiger partial charge in [0, 0.05) is 17.1 Å². The minimum absolute atomic E-state index is 0.552.